The zero-order valence-corrected chi connectivity index (χ0v) is 16.4. The van der Waals surface area contributed by atoms with E-state index in [9.17, 15) is 18.0 Å². The Hall–Kier alpha value is -1.28. The van der Waals surface area contributed by atoms with E-state index in [-0.39, 0.29) is 23.2 Å². The van der Waals surface area contributed by atoms with Crippen molar-refractivity contribution in [2.45, 2.75) is 51.1 Å². The Kier molecular flexibility index (Phi) is 7.74. The maximum atomic E-state index is 12.5. The van der Waals surface area contributed by atoms with Gasteiger partial charge in [-0.15, -0.1) is 0 Å². The van der Waals surface area contributed by atoms with Gasteiger partial charge in [0.1, 0.15) is 0 Å². The van der Waals surface area contributed by atoms with E-state index in [4.69, 9.17) is 17.3 Å². The number of Topliss-reactive ketones (excluding diaryl/α,β-unsaturated/α-hetero) is 2. The van der Waals surface area contributed by atoms with Gasteiger partial charge in [0.25, 0.3) is 0 Å². The number of carbonyl (C=O) groups excluding carboxylic acids is 2. The predicted octanol–water partition coefficient (Wildman–Crippen LogP) is 2.15. The number of nitrogens with one attached hydrogen (secondary N) is 1. The first-order chi connectivity index (χ1) is 11.5. The third kappa shape index (κ3) is 6.18. The lowest BCUT2D eigenvalue weighted by Gasteiger charge is -2.21. The van der Waals surface area contributed by atoms with Gasteiger partial charge in [0.2, 0.25) is 21.6 Å². The molecule has 0 aliphatic carbocycles. The maximum Gasteiger partial charge on any atom is 0.241 e. The normalized spacial score (nSPS) is 14.6. The molecular weight excluding hydrogens is 364 g/mol. The molecule has 0 amide bonds. The highest BCUT2D eigenvalue weighted by Gasteiger charge is 2.34. The standard InChI is InChI=1S/C17H25ClN2O4S/c1-10(2)9-14(16(21)17(22)15(19)11(3)4)20-25(23,24)13-7-5-12(18)6-8-13/h5-8,10-11,14-15,20H,9,19H2,1-4H3/t14-,15-/m0/s1. The number of hydrogen-bond donors (Lipinski definition) is 2. The molecule has 0 aliphatic heterocycles. The summed E-state index contributed by atoms with van der Waals surface area (Å²) in [4.78, 5) is 24.7. The molecule has 6 nitrogen and oxygen atoms in total. The Labute approximate surface area is 154 Å². The molecule has 1 aromatic carbocycles. The fourth-order valence-corrected chi connectivity index (χ4v) is 3.52. The van der Waals surface area contributed by atoms with Crippen molar-refractivity contribution in [3.05, 3.63) is 29.3 Å². The van der Waals surface area contributed by atoms with Crippen molar-refractivity contribution in [1.82, 2.24) is 4.72 Å². The summed E-state index contributed by atoms with van der Waals surface area (Å²) >= 11 is 5.76. The minimum atomic E-state index is -3.97. The van der Waals surface area contributed by atoms with Gasteiger partial charge in [-0.1, -0.05) is 39.3 Å². The van der Waals surface area contributed by atoms with Crippen molar-refractivity contribution in [2.24, 2.45) is 17.6 Å². The summed E-state index contributed by atoms with van der Waals surface area (Å²) in [6.07, 6.45) is 0.197. The van der Waals surface area contributed by atoms with Crippen LogP contribution in [0.2, 0.25) is 5.02 Å². The second kappa shape index (κ2) is 8.89. The molecule has 0 radical (unpaired) electrons. The van der Waals surface area contributed by atoms with Crippen LogP contribution in [0.5, 0.6) is 0 Å². The van der Waals surface area contributed by atoms with E-state index in [1.807, 2.05) is 13.8 Å². The lowest BCUT2D eigenvalue weighted by Crippen LogP contribution is -2.50. The Bertz CT molecular complexity index is 715. The van der Waals surface area contributed by atoms with Crippen LogP contribution in [0.4, 0.5) is 0 Å². The predicted molar refractivity (Wildman–Crippen MR) is 97.8 cm³/mol. The number of sulfonamides is 1. The minimum absolute atomic E-state index is 0.00458. The molecule has 3 N–H and O–H groups in total. The summed E-state index contributed by atoms with van der Waals surface area (Å²) in [5, 5.41) is 0.395. The van der Waals surface area contributed by atoms with Crippen LogP contribution in [-0.2, 0) is 19.6 Å². The van der Waals surface area contributed by atoms with Crippen LogP contribution in [0, 0.1) is 11.8 Å². The zero-order chi connectivity index (χ0) is 19.4. The van der Waals surface area contributed by atoms with E-state index >= 15 is 0 Å². The minimum Gasteiger partial charge on any atom is -0.321 e. The monoisotopic (exact) mass is 388 g/mol. The smallest absolute Gasteiger partial charge is 0.241 e. The largest absolute Gasteiger partial charge is 0.321 e. The summed E-state index contributed by atoms with van der Waals surface area (Å²) in [7, 11) is -3.97. The summed E-state index contributed by atoms with van der Waals surface area (Å²) in [6, 6.07) is 3.44. The van der Waals surface area contributed by atoms with Gasteiger partial charge in [-0.25, -0.2) is 13.1 Å². The topological polar surface area (TPSA) is 106 Å². The van der Waals surface area contributed by atoms with Crippen molar-refractivity contribution in [2.75, 3.05) is 0 Å². The molecule has 2 atom stereocenters. The first kappa shape index (κ1) is 21.8. The van der Waals surface area contributed by atoms with E-state index in [2.05, 4.69) is 4.72 Å². The van der Waals surface area contributed by atoms with Crippen molar-refractivity contribution < 1.29 is 18.0 Å². The third-order valence-electron chi connectivity index (χ3n) is 3.71. The van der Waals surface area contributed by atoms with Crippen LogP contribution in [-0.4, -0.2) is 32.1 Å². The molecule has 0 unspecified atom stereocenters. The number of nitrogens with two attached hydrogens (primary N) is 1. The van der Waals surface area contributed by atoms with Gasteiger partial charge in [-0.2, -0.15) is 0 Å². The molecule has 0 saturated heterocycles. The maximum absolute atomic E-state index is 12.5. The first-order valence-corrected chi connectivity index (χ1v) is 9.93. The van der Waals surface area contributed by atoms with Crippen molar-refractivity contribution in [3.63, 3.8) is 0 Å². The van der Waals surface area contributed by atoms with Crippen LogP contribution in [0.25, 0.3) is 0 Å². The van der Waals surface area contributed by atoms with E-state index < -0.39 is 33.7 Å². The van der Waals surface area contributed by atoms with E-state index in [1.54, 1.807) is 13.8 Å². The molecule has 0 fully saturated rings. The number of benzene rings is 1. The summed E-state index contributed by atoms with van der Waals surface area (Å²) in [6.45, 7) is 7.13. The fourth-order valence-electron chi connectivity index (χ4n) is 2.19. The number of hydrogen-bond acceptors (Lipinski definition) is 5. The van der Waals surface area contributed by atoms with E-state index in [1.165, 1.54) is 24.3 Å². The third-order valence-corrected chi connectivity index (χ3v) is 5.45. The molecule has 0 aromatic heterocycles. The van der Waals surface area contributed by atoms with Crippen molar-refractivity contribution in [1.29, 1.82) is 0 Å². The average Bonchev–Trinajstić information content (AvgIpc) is 2.51. The van der Waals surface area contributed by atoms with Gasteiger partial charge in [-0.3, -0.25) is 9.59 Å². The van der Waals surface area contributed by atoms with E-state index in [0.717, 1.165) is 0 Å². The Balaban J connectivity index is 3.08. The van der Waals surface area contributed by atoms with Crippen LogP contribution >= 0.6 is 11.6 Å². The quantitative estimate of drug-likeness (QED) is 0.630. The van der Waals surface area contributed by atoms with Crippen LogP contribution in [0.15, 0.2) is 29.2 Å². The molecule has 0 heterocycles. The number of carbonyl (C=O) groups is 2. The molecule has 140 valence electrons. The average molecular weight is 389 g/mol. The molecule has 1 rings (SSSR count). The Morgan fingerprint density at radius 1 is 1.08 bits per heavy atom. The summed E-state index contributed by atoms with van der Waals surface area (Å²) in [5.41, 5.74) is 5.76. The molecule has 1 aromatic rings. The molecule has 0 spiro atoms. The highest BCUT2D eigenvalue weighted by Crippen LogP contribution is 2.16. The van der Waals surface area contributed by atoms with Gasteiger partial charge in [0.15, 0.2) is 0 Å². The van der Waals surface area contributed by atoms with Crippen LogP contribution in [0.1, 0.15) is 34.1 Å². The molecule has 0 bridgehead atoms. The van der Waals surface area contributed by atoms with Gasteiger partial charge >= 0.3 is 0 Å². The second-order valence-corrected chi connectivity index (χ2v) is 8.91. The molecular formula is C17H25ClN2O4S. The highest BCUT2D eigenvalue weighted by molar-refractivity contribution is 7.89. The number of ketones is 2. The highest BCUT2D eigenvalue weighted by atomic mass is 35.5. The summed E-state index contributed by atoms with van der Waals surface area (Å²) < 4.78 is 27.4. The van der Waals surface area contributed by atoms with Gasteiger partial charge in [-0.05, 0) is 42.5 Å². The summed E-state index contributed by atoms with van der Waals surface area (Å²) in [5.74, 6) is -1.79. The van der Waals surface area contributed by atoms with E-state index in [0.29, 0.717) is 5.02 Å². The molecule has 25 heavy (non-hydrogen) atoms. The van der Waals surface area contributed by atoms with Crippen molar-refractivity contribution in [3.8, 4) is 0 Å². The first-order valence-electron chi connectivity index (χ1n) is 8.07. The molecule has 8 heteroatoms. The van der Waals surface area contributed by atoms with Crippen LogP contribution in [0.3, 0.4) is 0 Å². The van der Waals surface area contributed by atoms with Gasteiger partial charge in [0.05, 0.1) is 17.0 Å². The number of rotatable bonds is 9. The SMILES string of the molecule is CC(C)C[C@H](NS(=O)(=O)c1ccc(Cl)cc1)C(=O)C(=O)[C@@H](N)C(C)C. The Morgan fingerprint density at radius 2 is 1.60 bits per heavy atom. The molecule has 0 saturated carbocycles. The van der Waals surface area contributed by atoms with Gasteiger partial charge in [0, 0.05) is 5.02 Å². The lowest BCUT2D eigenvalue weighted by atomic mass is 9.92. The lowest BCUT2D eigenvalue weighted by molar-refractivity contribution is -0.139. The van der Waals surface area contributed by atoms with Crippen LogP contribution < -0.4 is 10.5 Å². The van der Waals surface area contributed by atoms with Gasteiger partial charge < -0.3 is 5.73 Å². The molecule has 0 aliphatic rings. The zero-order valence-electron chi connectivity index (χ0n) is 14.8. The second-order valence-electron chi connectivity index (χ2n) is 6.76. The number of halogens is 1. The Morgan fingerprint density at radius 3 is 2.04 bits per heavy atom. The fraction of sp³-hybridized carbons (Fsp3) is 0.529. The van der Waals surface area contributed by atoms with Crippen molar-refractivity contribution >= 4 is 33.2 Å².